The van der Waals surface area contributed by atoms with Crippen molar-refractivity contribution in [2.75, 3.05) is 5.32 Å². The lowest BCUT2D eigenvalue weighted by molar-refractivity contribution is -0.136. The van der Waals surface area contributed by atoms with Crippen molar-refractivity contribution in [3.8, 4) is 0 Å². The number of benzene rings is 1. The number of amides is 1. The lowest BCUT2D eigenvalue weighted by Gasteiger charge is -2.13. The molecule has 0 radical (unpaired) electrons. The van der Waals surface area contributed by atoms with Crippen molar-refractivity contribution in [2.24, 2.45) is 0 Å². The fourth-order valence-corrected chi connectivity index (χ4v) is 1.46. The largest absolute Gasteiger partial charge is 0.418 e. The molecule has 18 heavy (non-hydrogen) atoms. The Hall–Kier alpha value is -1.49. The Morgan fingerprint density at radius 3 is 2.44 bits per heavy atom. The van der Waals surface area contributed by atoms with Gasteiger partial charge >= 0.3 is 6.18 Å². The van der Waals surface area contributed by atoms with Crippen LogP contribution in [0, 0.1) is 0 Å². The first-order valence-corrected chi connectivity index (χ1v) is 5.40. The molecule has 2 nitrogen and oxygen atoms in total. The number of anilines is 1. The highest BCUT2D eigenvalue weighted by atomic mass is 35.5. The van der Waals surface area contributed by atoms with E-state index in [9.17, 15) is 18.0 Å². The van der Waals surface area contributed by atoms with Gasteiger partial charge in [-0.1, -0.05) is 17.2 Å². The number of rotatable bonds is 2. The Kier molecular flexibility index (Phi) is 4.40. The van der Waals surface area contributed by atoms with E-state index in [-0.39, 0.29) is 10.7 Å². The third-order valence-corrected chi connectivity index (χ3v) is 2.20. The van der Waals surface area contributed by atoms with Crippen LogP contribution in [0.15, 0.2) is 29.8 Å². The van der Waals surface area contributed by atoms with Gasteiger partial charge in [-0.2, -0.15) is 13.2 Å². The molecule has 0 saturated carbocycles. The quantitative estimate of drug-likeness (QED) is 0.804. The first kappa shape index (κ1) is 14.6. The van der Waals surface area contributed by atoms with E-state index in [0.717, 1.165) is 12.1 Å². The predicted molar refractivity (Wildman–Crippen MR) is 64.5 cm³/mol. The van der Waals surface area contributed by atoms with Crippen LogP contribution in [0.4, 0.5) is 18.9 Å². The Bertz CT molecular complexity index is 491. The topological polar surface area (TPSA) is 29.1 Å². The van der Waals surface area contributed by atoms with Gasteiger partial charge in [0.05, 0.1) is 11.3 Å². The zero-order valence-corrected chi connectivity index (χ0v) is 10.5. The van der Waals surface area contributed by atoms with Crippen LogP contribution in [0.3, 0.4) is 0 Å². The van der Waals surface area contributed by atoms with Crippen molar-refractivity contribution in [1.82, 2.24) is 0 Å². The molecule has 98 valence electrons. The summed E-state index contributed by atoms with van der Waals surface area (Å²) in [5.41, 5.74) is -0.588. The fraction of sp³-hybridized carbons (Fsp3) is 0.250. The summed E-state index contributed by atoms with van der Waals surface area (Å²) >= 11 is 5.52. The van der Waals surface area contributed by atoms with E-state index < -0.39 is 17.6 Å². The molecule has 0 aromatic heterocycles. The molecule has 0 aliphatic rings. The summed E-state index contributed by atoms with van der Waals surface area (Å²) in [6, 6.07) is 3.19. The normalized spacial score (nSPS) is 11.0. The first-order valence-electron chi connectivity index (χ1n) is 5.03. The highest BCUT2D eigenvalue weighted by Gasteiger charge is 2.34. The Labute approximate surface area is 107 Å². The molecular formula is C12H11ClF3NO. The van der Waals surface area contributed by atoms with Gasteiger partial charge in [-0.05, 0) is 32.0 Å². The molecule has 0 spiro atoms. The Balaban J connectivity index is 3.10. The highest BCUT2D eigenvalue weighted by molar-refractivity contribution is 6.30. The van der Waals surface area contributed by atoms with Gasteiger partial charge in [0.2, 0.25) is 5.91 Å². The number of halogens is 4. The van der Waals surface area contributed by atoms with Crippen LogP contribution in [0.1, 0.15) is 19.4 Å². The number of alkyl halides is 3. The molecule has 0 heterocycles. The second kappa shape index (κ2) is 5.44. The van der Waals surface area contributed by atoms with Gasteiger partial charge < -0.3 is 5.32 Å². The van der Waals surface area contributed by atoms with Crippen molar-refractivity contribution in [3.05, 3.63) is 40.4 Å². The number of nitrogens with one attached hydrogen (secondary N) is 1. The lowest BCUT2D eigenvalue weighted by atomic mass is 10.1. The molecule has 1 aromatic carbocycles. The smallest absolute Gasteiger partial charge is 0.322 e. The average Bonchev–Trinajstić information content (AvgIpc) is 2.17. The Morgan fingerprint density at radius 1 is 1.33 bits per heavy atom. The van der Waals surface area contributed by atoms with Crippen LogP contribution in [0.25, 0.3) is 0 Å². The van der Waals surface area contributed by atoms with E-state index in [1.54, 1.807) is 13.8 Å². The summed E-state index contributed by atoms with van der Waals surface area (Å²) < 4.78 is 38.1. The van der Waals surface area contributed by atoms with Crippen LogP contribution >= 0.6 is 11.6 Å². The molecule has 0 aliphatic heterocycles. The molecule has 1 amide bonds. The zero-order valence-electron chi connectivity index (χ0n) is 9.73. The van der Waals surface area contributed by atoms with E-state index >= 15 is 0 Å². The van der Waals surface area contributed by atoms with Crippen molar-refractivity contribution in [2.45, 2.75) is 20.0 Å². The number of carbonyl (C=O) groups is 1. The summed E-state index contributed by atoms with van der Waals surface area (Å²) in [7, 11) is 0. The van der Waals surface area contributed by atoms with Gasteiger partial charge in [-0.15, -0.1) is 0 Å². The molecule has 0 aliphatic carbocycles. The minimum atomic E-state index is -4.57. The van der Waals surface area contributed by atoms with Crippen molar-refractivity contribution in [1.29, 1.82) is 0 Å². The van der Waals surface area contributed by atoms with Gasteiger partial charge in [0, 0.05) is 11.1 Å². The van der Waals surface area contributed by atoms with Gasteiger partial charge in [-0.25, -0.2) is 0 Å². The summed E-state index contributed by atoms with van der Waals surface area (Å²) in [4.78, 5) is 11.4. The minimum Gasteiger partial charge on any atom is -0.322 e. The third-order valence-electron chi connectivity index (χ3n) is 1.96. The lowest BCUT2D eigenvalue weighted by Crippen LogP contribution is -2.15. The summed E-state index contributed by atoms with van der Waals surface area (Å²) in [6.45, 7) is 3.35. The zero-order chi connectivity index (χ0) is 13.9. The molecule has 0 unspecified atom stereocenters. The van der Waals surface area contributed by atoms with E-state index in [1.807, 2.05) is 0 Å². The molecule has 1 aromatic rings. The summed E-state index contributed by atoms with van der Waals surface area (Å²) in [6.07, 6.45) is -3.35. The molecule has 0 bridgehead atoms. The minimum absolute atomic E-state index is 0.0393. The van der Waals surface area contributed by atoms with Gasteiger partial charge in [-0.3, -0.25) is 4.79 Å². The monoisotopic (exact) mass is 277 g/mol. The van der Waals surface area contributed by atoms with E-state index in [2.05, 4.69) is 5.32 Å². The van der Waals surface area contributed by atoms with E-state index in [1.165, 1.54) is 12.1 Å². The number of allylic oxidation sites excluding steroid dienone is 1. The predicted octanol–water partition coefficient (Wildman–Crippen LogP) is 4.26. The maximum Gasteiger partial charge on any atom is 0.418 e. The SMILES string of the molecule is CC(C)=CC(=O)Nc1ccc(Cl)cc1C(F)(F)F. The van der Waals surface area contributed by atoms with Crippen LogP contribution in [-0.4, -0.2) is 5.91 Å². The molecule has 1 rings (SSSR count). The number of hydrogen-bond acceptors (Lipinski definition) is 1. The van der Waals surface area contributed by atoms with Crippen molar-refractivity contribution < 1.29 is 18.0 Å². The number of hydrogen-bond donors (Lipinski definition) is 1. The van der Waals surface area contributed by atoms with Gasteiger partial charge in [0.1, 0.15) is 0 Å². The number of carbonyl (C=O) groups excluding carboxylic acids is 1. The van der Waals surface area contributed by atoms with Crippen molar-refractivity contribution >= 4 is 23.2 Å². The summed E-state index contributed by atoms with van der Waals surface area (Å²) in [5, 5.41) is 2.14. The second-order valence-electron chi connectivity index (χ2n) is 3.90. The third kappa shape index (κ3) is 4.07. The maximum absolute atomic E-state index is 12.7. The fourth-order valence-electron chi connectivity index (χ4n) is 1.29. The van der Waals surface area contributed by atoms with Gasteiger partial charge in [0.25, 0.3) is 0 Å². The first-order chi connectivity index (χ1) is 8.20. The van der Waals surface area contributed by atoms with Crippen LogP contribution in [0.5, 0.6) is 0 Å². The van der Waals surface area contributed by atoms with E-state index in [4.69, 9.17) is 11.6 Å². The summed E-state index contributed by atoms with van der Waals surface area (Å²) in [5.74, 6) is -0.608. The molecule has 0 atom stereocenters. The standard InChI is InChI=1S/C12H11ClF3NO/c1-7(2)5-11(18)17-10-4-3-8(13)6-9(10)12(14,15)16/h3-6H,1-2H3,(H,17,18). The van der Waals surface area contributed by atoms with E-state index in [0.29, 0.717) is 5.57 Å². The van der Waals surface area contributed by atoms with Crippen molar-refractivity contribution in [3.63, 3.8) is 0 Å². The highest BCUT2D eigenvalue weighted by Crippen LogP contribution is 2.36. The van der Waals surface area contributed by atoms with Crippen LogP contribution < -0.4 is 5.32 Å². The average molecular weight is 278 g/mol. The molecule has 0 saturated heterocycles. The van der Waals surface area contributed by atoms with Crippen LogP contribution in [-0.2, 0) is 11.0 Å². The van der Waals surface area contributed by atoms with Gasteiger partial charge in [0.15, 0.2) is 0 Å². The maximum atomic E-state index is 12.7. The second-order valence-corrected chi connectivity index (χ2v) is 4.34. The van der Waals surface area contributed by atoms with Crippen LogP contribution in [0.2, 0.25) is 5.02 Å². The Morgan fingerprint density at radius 2 is 1.94 bits per heavy atom. The molecule has 0 fully saturated rings. The molecular weight excluding hydrogens is 267 g/mol. The molecule has 6 heteroatoms. The molecule has 1 N–H and O–H groups in total.